The molecular weight excluding hydrogens is 256 g/mol. The van der Waals surface area contributed by atoms with E-state index in [9.17, 15) is 4.79 Å². The predicted molar refractivity (Wildman–Crippen MR) is 77.9 cm³/mol. The van der Waals surface area contributed by atoms with E-state index in [1.165, 1.54) is 5.01 Å². The SMILES string of the molecule is CCc1nc(Cn2ccc3cc(C=O)ccc32)cs1. The zero-order valence-electron chi connectivity index (χ0n) is 10.7. The number of nitrogens with zero attached hydrogens (tertiary/aromatic N) is 2. The van der Waals surface area contributed by atoms with Crippen molar-refractivity contribution in [2.75, 3.05) is 0 Å². The van der Waals surface area contributed by atoms with E-state index in [4.69, 9.17) is 0 Å². The lowest BCUT2D eigenvalue weighted by molar-refractivity contribution is 0.112. The Morgan fingerprint density at radius 2 is 2.26 bits per heavy atom. The van der Waals surface area contributed by atoms with E-state index in [0.717, 1.165) is 35.8 Å². The second kappa shape index (κ2) is 4.97. The molecule has 0 fully saturated rings. The topological polar surface area (TPSA) is 34.9 Å². The summed E-state index contributed by atoms with van der Waals surface area (Å²) in [6, 6.07) is 7.79. The van der Waals surface area contributed by atoms with Crippen molar-refractivity contribution in [2.24, 2.45) is 0 Å². The maximum atomic E-state index is 10.8. The van der Waals surface area contributed by atoms with Crippen molar-refractivity contribution >= 4 is 28.5 Å². The Morgan fingerprint density at radius 3 is 3.00 bits per heavy atom. The number of carbonyl (C=O) groups excluding carboxylic acids is 1. The van der Waals surface area contributed by atoms with Crippen molar-refractivity contribution in [3.63, 3.8) is 0 Å². The summed E-state index contributed by atoms with van der Waals surface area (Å²) in [7, 11) is 0. The van der Waals surface area contributed by atoms with Gasteiger partial charge in [0, 0.05) is 28.0 Å². The molecule has 0 amide bonds. The van der Waals surface area contributed by atoms with Gasteiger partial charge in [0.2, 0.25) is 0 Å². The molecular formula is C15H14N2OS. The molecule has 3 rings (SSSR count). The molecule has 3 nitrogen and oxygen atoms in total. The number of carbonyl (C=O) groups is 1. The highest BCUT2D eigenvalue weighted by molar-refractivity contribution is 7.09. The molecule has 0 saturated heterocycles. The Hall–Kier alpha value is -1.94. The fourth-order valence-corrected chi connectivity index (χ4v) is 2.92. The second-order valence-corrected chi connectivity index (χ2v) is 5.41. The summed E-state index contributed by atoms with van der Waals surface area (Å²) >= 11 is 1.71. The molecule has 4 heteroatoms. The standard InChI is InChI=1S/C15H14N2OS/c1-2-15-16-13(10-19-15)8-17-6-5-12-7-11(9-18)3-4-14(12)17/h3-7,9-10H,2,8H2,1H3. The monoisotopic (exact) mass is 270 g/mol. The van der Waals surface area contributed by atoms with Gasteiger partial charge in [0.1, 0.15) is 6.29 Å². The summed E-state index contributed by atoms with van der Waals surface area (Å²) in [6.07, 6.45) is 3.91. The fourth-order valence-electron chi connectivity index (χ4n) is 2.19. The van der Waals surface area contributed by atoms with Crippen LogP contribution in [0.3, 0.4) is 0 Å². The lowest BCUT2D eigenvalue weighted by Gasteiger charge is -2.03. The van der Waals surface area contributed by atoms with Crippen LogP contribution in [0.5, 0.6) is 0 Å². The number of aldehydes is 1. The van der Waals surface area contributed by atoms with Gasteiger partial charge >= 0.3 is 0 Å². The van der Waals surface area contributed by atoms with Gasteiger partial charge in [0.05, 0.1) is 17.2 Å². The van der Waals surface area contributed by atoms with Crippen LogP contribution in [0.1, 0.15) is 28.0 Å². The fraction of sp³-hybridized carbons (Fsp3) is 0.200. The average Bonchev–Trinajstić information content (AvgIpc) is 3.06. The summed E-state index contributed by atoms with van der Waals surface area (Å²) in [5.74, 6) is 0. The van der Waals surface area contributed by atoms with Gasteiger partial charge in [-0.3, -0.25) is 4.79 Å². The molecule has 19 heavy (non-hydrogen) atoms. The molecule has 2 heterocycles. The van der Waals surface area contributed by atoms with E-state index in [1.54, 1.807) is 11.3 Å². The summed E-state index contributed by atoms with van der Waals surface area (Å²) in [4.78, 5) is 15.4. The van der Waals surface area contributed by atoms with E-state index < -0.39 is 0 Å². The highest BCUT2D eigenvalue weighted by Crippen LogP contribution is 2.19. The first kappa shape index (κ1) is 12.1. The first-order chi connectivity index (χ1) is 9.30. The molecule has 0 radical (unpaired) electrons. The Labute approximate surface area is 115 Å². The first-order valence-corrected chi connectivity index (χ1v) is 7.15. The highest BCUT2D eigenvalue weighted by Gasteiger charge is 2.05. The Bertz CT molecular complexity index is 727. The third-order valence-corrected chi connectivity index (χ3v) is 4.21. The molecule has 0 spiro atoms. The minimum Gasteiger partial charge on any atom is -0.341 e. The number of aromatic nitrogens is 2. The number of fused-ring (bicyclic) bond motifs is 1. The Kier molecular flexibility index (Phi) is 3.17. The van der Waals surface area contributed by atoms with Crippen LogP contribution in [-0.2, 0) is 13.0 Å². The second-order valence-electron chi connectivity index (χ2n) is 4.47. The van der Waals surface area contributed by atoms with Crippen LogP contribution < -0.4 is 0 Å². The largest absolute Gasteiger partial charge is 0.341 e. The molecule has 0 N–H and O–H groups in total. The van der Waals surface area contributed by atoms with Gasteiger partial charge in [-0.15, -0.1) is 11.3 Å². The highest BCUT2D eigenvalue weighted by atomic mass is 32.1. The number of benzene rings is 1. The molecule has 3 aromatic rings. The van der Waals surface area contributed by atoms with Crippen LogP contribution in [0.4, 0.5) is 0 Å². The minimum absolute atomic E-state index is 0.715. The molecule has 0 atom stereocenters. The molecule has 0 saturated carbocycles. The van der Waals surface area contributed by atoms with Crippen molar-refractivity contribution in [1.29, 1.82) is 0 Å². The van der Waals surface area contributed by atoms with Crippen molar-refractivity contribution in [1.82, 2.24) is 9.55 Å². The number of aryl methyl sites for hydroxylation is 1. The zero-order chi connectivity index (χ0) is 13.2. The number of rotatable bonds is 4. The van der Waals surface area contributed by atoms with E-state index in [2.05, 4.69) is 21.9 Å². The van der Waals surface area contributed by atoms with Crippen molar-refractivity contribution in [3.8, 4) is 0 Å². The van der Waals surface area contributed by atoms with Gasteiger partial charge in [-0.25, -0.2) is 4.98 Å². The van der Waals surface area contributed by atoms with Crippen LogP contribution >= 0.6 is 11.3 Å². The van der Waals surface area contributed by atoms with Gasteiger partial charge in [-0.05, 0) is 30.7 Å². The molecule has 2 aromatic heterocycles. The summed E-state index contributed by atoms with van der Waals surface area (Å²) in [5.41, 5.74) is 2.95. The molecule has 1 aromatic carbocycles. The average molecular weight is 270 g/mol. The van der Waals surface area contributed by atoms with Gasteiger partial charge in [0.15, 0.2) is 0 Å². The van der Waals surface area contributed by atoms with E-state index in [0.29, 0.717) is 5.56 Å². The molecule has 0 bridgehead atoms. The summed E-state index contributed by atoms with van der Waals surface area (Å²) < 4.78 is 2.17. The van der Waals surface area contributed by atoms with Gasteiger partial charge in [-0.2, -0.15) is 0 Å². The summed E-state index contributed by atoms with van der Waals surface area (Å²) in [6.45, 7) is 2.90. The molecule has 96 valence electrons. The van der Waals surface area contributed by atoms with E-state index >= 15 is 0 Å². The van der Waals surface area contributed by atoms with Gasteiger partial charge < -0.3 is 4.57 Å². The summed E-state index contributed by atoms with van der Waals surface area (Å²) in [5, 5.41) is 4.38. The molecule has 0 aliphatic rings. The van der Waals surface area contributed by atoms with E-state index in [-0.39, 0.29) is 0 Å². The van der Waals surface area contributed by atoms with E-state index in [1.807, 2.05) is 30.5 Å². The molecule has 0 aliphatic heterocycles. The zero-order valence-corrected chi connectivity index (χ0v) is 11.5. The third kappa shape index (κ3) is 2.31. The van der Waals surface area contributed by atoms with Crippen LogP contribution in [0.2, 0.25) is 0 Å². The predicted octanol–water partition coefficient (Wildman–Crippen LogP) is 3.52. The van der Waals surface area contributed by atoms with Crippen molar-refractivity contribution < 1.29 is 4.79 Å². The normalized spacial score (nSPS) is 11.0. The van der Waals surface area contributed by atoms with Crippen LogP contribution in [0, 0.1) is 0 Å². The van der Waals surface area contributed by atoms with Crippen molar-refractivity contribution in [2.45, 2.75) is 19.9 Å². The van der Waals surface area contributed by atoms with Crippen LogP contribution in [0.25, 0.3) is 10.9 Å². The smallest absolute Gasteiger partial charge is 0.150 e. The van der Waals surface area contributed by atoms with Crippen molar-refractivity contribution in [3.05, 3.63) is 52.1 Å². The Balaban J connectivity index is 1.94. The molecule has 0 unspecified atom stereocenters. The van der Waals surface area contributed by atoms with Gasteiger partial charge in [0.25, 0.3) is 0 Å². The molecule has 0 aliphatic carbocycles. The van der Waals surface area contributed by atoms with Crippen LogP contribution in [-0.4, -0.2) is 15.8 Å². The maximum absolute atomic E-state index is 10.8. The van der Waals surface area contributed by atoms with Crippen LogP contribution in [0.15, 0.2) is 35.8 Å². The maximum Gasteiger partial charge on any atom is 0.150 e. The minimum atomic E-state index is 0.715. The third-order valence-electron chi connectivity index (χ3n) is 3.17. The number of hydrogen-bond acceptors (Lipinski definition) is 3. The number of hydrogen-bond donors (Lipinski definition) is 0. The Morgan fingerprint density at radius 1 is 1.37 bits per heavy atom. The number of thiazole rings is 1. The quantitative estimate of drug-likeness (QED) is 0.680. The first-order valence-electron chi connectivity index (χ1n) is 6.27. The lowest BCUT2D eigenvalue weighted by Crippen LogP contribution is -1.98. The lowest BCUT2D eigenvalue weighted by atomic mass is 10.2. The van der Waals surface area contributed by atoms with Gasteiger partial charge in [-0.1, -0.05) is 6.92 Å².